The molecule has 0 radical (unpaired) electrons. The molecule has 160 valence electrons. The van der Waals surface area contributed by atoms with E-state index in [-0.39, 0.29) is 30.9 Å². The Morgan fingerprint density at radius 1 is 1.10 bits per heavy atom. The lowest BCUT2D eigenvalue weighted by atomic mass is 9.98. The Hall–Kier alpha value is -2.58. The molecular weight excluding hydrogens is 404 g/mol. The second-order valence-electron chi connectivity index (χ2n) is 7.66. The van der Waals surface area contributed by atoms with Gasteiger partial charge in [-0.05, 0) is 43.4 Å². The van der Waals surface area contributed by atoms with E-state index < -0.39 is 10.0 Å². The topological polar surface area (TPSA) is 84.9 Å². The zero-order chi connectivity index (χ0) is 21.0. The Balaban J connectivity index is 1.32. The lowest BCUT2D eigenvalue weighted by Crippen LogP contribution is -2.44. The minimum Gasteiger partial charge on any atom is -0.454 e. The number of ether oxygens (including phenoxy) is 2. The first kappa shape index (κ1) is 20.7. The second kappa shape index (κ2) is 9.06. The Kier molecular flexibility index (Phi) is 6.24. The molecule has 1 saturated heterocycles. The van der Waals surface area contributed by atoms with Gasteiger partial charge in [0.1, 0.15) is 0 Å². The number of rotatable bonds is 7. The van der Waals surface area contributed by atoms with Crippen LogP contribution in [0.2, 0.25) is 0 Å². The lowest BCUT2D eigenvalue weighted by Gasteiger charge is -2.31. The van der Waals surface area contributed by atoms with Crippen molar-refractivity contribution in [3.8, 4) is 11.5 Å². The van der Waals surface area contributed by atoms with E-state index in [9.17, 15) is 13.2 Å². The number of nitrogens with zero attached hydrogens (tertiary/aromatic N) is 1. The quantitative estimate of drug-likeness (QED) is 0.730. The molecule has 2 aliphatic heterocycles. The van der Waals surface area contributed by atoms with Gasteiger partial charge in [-0.25, -0.2) is 12.7 Å². The maximum atomic E-state index is 12.8. The standard InChI is InChI=1S/C22H26N2O5S/c25-22(23-19-10-11-20-21(14-19)29-16-28-20)18-9-4-12-24(15-18)30(26,27)13-5-8-17-6-2-1-3-7-17/h1-3,6-7,10-11,14,18H,4-5,8-9,12-13,15-16H2,(H,23,25)/t18-/m0/s1. The number of fused-ring (bicyclic) bond motifs is 1. The fraction of sp³-hybridized carbons (Fsp3) is 0.409. The molecule has 0 saturated carbocycles. The Morgan fingerprint density at radius 2 is 1.90 bits per heavy atom. The minimum atomic E-state index is -3.38. The lowest BCUT2D eigenvalue weighted by molar-refractivity contribution is -0.120. The van der Waals surface area contributed by atoms with Gasteiger partial charge in [0.05, 0.1) is 11.7 Å². The first-order chi connectivity index (χ1) is 14.5. The van der Waals surface area contributed by atoms with Crippen LogP contribution in [-0.2, 0) is 21.2 Å². The highest BCUT2D eigenvalue weighted by atomic mass is 32.2. The van der Waals surface area contributed by atoms with E-state index in [1.165, 1.54) is 4.31 Å². The summed E-state index contributed by atoms with van der Waals surface area (Å²) in [6, 6.07) is 15.1. The molecule has 0 spiro atoms. The van der Waals surface area contributed by atoms with E-state index in [1.807, 2.05) is 30.3 Å². The van der Waals surface area contributed by atoms with Crippen LogP contribution < -0.4 is 14.8 Å². The van der Waals surface area contributed by atoms with Crippen LogP contribution in [-0.4, -0.2) is 44.3 Å². The van der Waals surface area contributed by atoms with E-state index >= 15 is 0 Å². The van der Waals surface area contributed by atoms with Crippen LogP contribution in [0.1, 0.15) is 24.8 Å². The monoisotopic (exact) mass is 430 g/mol. The number of carbonyl (C=O) groups excluding carboxylic acids is 1. The fourth-order valence-corrected chi connectivity index (χ4v) is 5.44. The molecule has 1 atom stereocenters. The fourth-order valence-electron chi connectivity index (χ4n) is 3.86. The first-order valence-electron chi connectivity index (χ1n) is 10.2. The summed E-state index contributed by atoms with van der Waals surface area (Å²) in [4.78, 5) is 12.7. The zero-order valence-electron chi connectivity index (χ0n) is 16.7. The number of hydrogen-bond acceptors (Lipinski definition) is 5. The predicted molar refractivity (Wildman–Crippen MR) is 114 cm³/mol. The summed E-state index contributed by atoms with van der Waals surface area (Å²) < 4.78 is 37.7. The van der Waals surface area contributed by atoms with Crippen LogP contribution in [0.4, 0.5) is 5.69 Å². The second-order valence-corrected chi connectivity index (χ2v) is 9.75. The van der Waals surface area contributed by atoms with Crippen molar-refractivity contribution in [3.05, 3.63) is 54.1 Å². The average molecular weight is 431 g/mol. The van der Waals surface area contributed by atoms with Crippen molar-refractivity contribution in [2.75, 3.05) is 31.0 Å². The van der Waals surface area contributed by atoms with E-state index in [4.69, 9.17) is 9.47 Å². The predicted octanol–water partition coefficient (Wildman–Crippen LogP) is 3.03. The van der Waals surface area contributed by atoms with Gasteiger partial charge in [0.15, 0.2) is 11.5 Å². The zero-order valence-corrected chi connectivity index (χ0v) is 17.6. The maximum Gasteiger partial charge on any atom is 0.231 e. The molecule has 2 heterocycles. The number of sulfonamides is 1. The number of piperidine rings is 1. The van der Waals surface area contributed by atoms with Gasteiger partial charge in [-0.2, -0.15) is 0 Å². The third-order valence-corrected chi connectivity index (χ3v) is 7.42. The largest absolute Gasteiger partial charge is 0.454 e. The van der Waals surface area contributed by atoms with Crippen molar-refractivity contribution in [3.63, 3.8) is 0 Å². The molecule has 0 bridgehead atoms. The van der Waals surface area contributed by atoms with Gasteiger partial charge >= 0.3 is 0 Å². The summed E-state index contributed by atoms with van der Waals surface area (Å²) in [5.74, 6) is 0.807. The average Bonchev–Trinajstić information content (AvgIpc) is 3.22. The number of anilines is 1. The van der Waals surface area contributed by atoms with E-state index in [2.05, 4.69) is 5.32 Å². The third kappa shape index (κ3) is 4.94. The molecule has 1 N–H and O–H groups in total. The van der Waals surface area contributed by atoms with Crippen molar-refractivity contribution >= 4 is 21.6 Å². The highest BCUT2D eigenvalue weighted by Gasteiger charge is 2.32. The Morgan fingerprint density at radius 3 is 2.73 bits per heavy atom. The number of nitrogens with one attached hydrogen (secondary N) is 1. The normalized spacial score (nSPS) is 18.9. The SMILES string of the molecule is O=C(Nc1ccc2c(c1)OCO2)[C@H]1CCCN(S(=O)(=O)CCCc2ccccc2)C1. The van der Waals surface area contributed by atoms with Gasteiger partial charge in [-0.15, -0.1) is 0 Å². The van der Waals surface area contributed by atoms with Gasteiger partial charge in [-0.3, -0.25) is 4.79 Å². The van der Waals surface area contributed by atoms with Crippen molar-refractivity contribution in [2.24, 2.45) is 5.92 Å². The number of benzene rings is 2. The van der Waals surface area contributed by atoms with Crippen LogP contribution >= 0.6 is 0 Å². The molecule has 4 rings (SSSR count). The molecular formula is C22H26N2O5S. The molecule has 1 fully saturated rings. The third-order valence-electron chi connectivity index (χ3n) is 5.50. The van der Waals surface area contributed by atoms with Crippen LogP contribution in [0, 0.1) is 5.92 Å². The smallest absolute Gasteiger partial charge is 0.231 e. The van der Waals surface area contributed by atoms with Crippen molar-refractivity contribution in [2.45, 2.75) is 25.7 Å². The number of aryl methyl sites for hydroxylation is 1. The van der Waals surface area contributed by atoms with Crippen molar-refractivity contribution in [1.29, 1.82) is 0 Å². The molecule has 7 nitrogen and oxygen atoms in total. The molecule has 2 aliphatic rings. The van der Waals surface area contributed by atoms with Crippen LogP contribution in [0.3, 0.4) is 0 Å². The molecule has 0 unspecified atom stereocenters. The number of amides is 1. The molecule has 2 aromatic carbocycles. The molecule has 2 aromatic rings. The summed E-state index contributed by atoms with van der Waals surface area (Å²) in [6.07, 6.45) is 2.64. The number of carbonyl (C=O) groups is 1. The number of hydrogen-bond donors (Lipinski definition) is 1. The van der Waals surface area contributed by atoms with Gasteiger partial charge in [0.2, 0.25) is 22.7 Å². The van der Waals surface area contributed by atoms with E-state index in [1.54, 1.807) is 18.2 Å². The highest BCUT2D eigenvalue weighted by molar-refractivity contribution is 7.89. The molecule has 30 heavy (non-hydrogen) atoms. The van der Waals surface area contributed by atoms with Gasteiger partial charge < -0.3 is 14.8 Å². The molecule has 0 aliphatic carbocycles. The van der Waals surface area contributed by atoms with Crippen molar-refractivity contribution in [1.82, 2.24) is 4.31 Å². The summed E-state index contributed by atoms with van der Waals surface area (Å²) >= 11 is 0. The van der Waals surface area contributed by atoms with Crippen LogP contribution in [0.15, 0.2) is 48.5 Å². The maximum absolute atomic E-state index is 12.8. The molecule has 8 heteroatoms. The van der Waals surface area contributed by atoms with Gasteiger partial charge in [0.25, 0.3) is 0 Å². The van der Waals surface area contributed by atoms with Crippen molar-refractivity contribution < 1.29 is 22.7 Å². The highest BCUT2D eigenvalue weighted by Crippen LogP contribution is 2.34. The summed E-state index contributed by atoms with van der Waals surface area (Å²) in [6.45, 7) is 0.873. The van der Waals surface area contributed by atoms with E-state index in [0.29, 0.717) is 43.0 Å². The van der Waals surface area contributed by atoms with Crippen LogP contribution in [0.5, 0.6) is 11.5 Å². The Labute approximate surface area is 177 Å². The van der Waals surface area contributed by atoms with E-state index in [0.717, 1.165) is 12.0 Å². The van der Waals surface area contributed by atoms with Gasteiger partial charge in [-0.1, -0.05) is 30.3 Å². The first-order valence-corrected chi connectivity index (χ1v) is 11.8. The summed E-state index contributed by atoms with van der Waals surface area (Å²) in [7, 11) is -3.38. The summed E-state index contributed by atoms with van der Waals surface area (Å²) in [5, 5.41) is 2.88. The van der Waals surface area contributed by atoms with Gasteiger partial charge in [0, 0.05) is 24.8 Å². The minimum absolute atomic E-state index is 0.0956. The Bertz CT molecular complexity index is 994. The molecule has 0 aromatic heterocycles. The van der Waals surface area contributed by atoms with Crippen LogP contribution in [0.25, 0.3) is 0 Å². The molecule has 1 amide bonds. The summed E-state index contributed by atoms with van der Waals surface area (Å²) in [5.41, 5.74) is 1.75.